The number of ether oxygens (including phenoxy) is 1. The van der Waals surface area contributed by atoms with Gasteiger partial charge in [-0.05, 0) is 48.7 Å². The van der Waals surface area contributed by atoms with Crippen LogP contribution in [0.15, 0.2) is 83.8 Å². The van der Waals surface area contributed by atoms with Crippen molar-refractivity contribution < 1.29 is 17.9 Å². The Morgan fingerprint density at radius 3 is 2.38 bits per heavy atom. The van der Waals surface area contributed by atoms with Crippen LogP contribution in [0.25, 0.3) is 11.1 Å². The van der Waals surface area contributed by atoms with Crippen molar-refractivity contribution in [1.82, 2.24) is 4.31 Å². The number of methoxy groups -OCH3 is 1. The van der Waals surface area contributed by atoms with E-state index < -0.39 is 15.9 Å². The van der Waals surface area contributed by atoms with E-state index in [0.29, 0.717) is 25.1 Å². The fraction of sp³-hybridized carbons (Fsp3) is 0.240. The van der Waals surface area contributed by atoms with Crippen LogP contribution in [0.2, 0.25) is 0 Å². The maximum atomic E-state index is 13.1. The second-order valence-electron chi connectivity index (χ2n) is 7.78. The Bertz CT molecular complexity index is 1180. The highest BCUT2D eigenvalue weighted by atomic mass is 32.2. The summed E-state index contributed by atoms with van der Waals surface area (Å²) < 4.78 is 32.7. The quantitative estimate of drug-likeness (QED) is 0.604. The zero-order valence-electron chi connectivity index (χ0n) is 17.9. The number of nitrogens with one attached hydrogen (secondary N) is 1. The minimum atomic E-state index is -3.68. The molecule has 166 valence electrons. The van der Waals surface area contributed by atoms with Gasteiger partial charge in [-0.1, -0.05) is 48.5 Å². The van der Waals surface area contributed by atoms with E-state index in [1.165, 1.54) is 23.5 Å². The monoisotopic (exact) mass is 450 g/mol. The van der Waals surface area contributed by atoms with Gasteiger partial charge in [-0.2, -0.15) is 4.31 Å². The van der Waals surface area contributed by atoms with Crippen LogP contribution >= 0.6 is 0 Å². The van der Waals surface area contributed by atoms with Gasteiger partial charge in [0.1, 0.15) is 5.75 Å². The van der Waals surface area contributed by atoms with Gasteiger partial charge in [-0.3, -0.25) is 4.79 Å². The van der Waals surface area contributed by atoms with Gasteiger partial charge >= 0.3 is 0 Å². The van der Waals surface area contributed by atoms with Crippen molar-refractivity contribution in [2.75, 3.05) is 25.5 Å². The van der Waals surface area contributed by atoms with Crippen molar-refractivity contribution in [3.05, 3.63) is 78.9 Å². The van der Waals surface area contributed by atoms with Gasteiger partial charge in [0.15, 0.2) is 0 Å². The summed E-state index contributed by atoms with van der Waals surface area (Å²) >= 11 is 0. The number of hydrogen-bond acceptors (Lipinski definition) is 4. The molecule has 1 amide bonds. The summed E-state index contributed by atoms with van der Waals surface area (Å²) in [5.41, 5.74) is 2.66. The fourth-order valence-electron chi connectivity index (χ4n) is 3.97. The van der Waals surface area contributed by atoms with E-state index in [-0.39, 0.29) is 17.3 Å². The predicted molar refractivity (Wildman–Crippen MR) is 125 cm³/mol. The molecule has 0 bridgehead atoms. The molecule has 1 saturated heterocycles. The number of rotatable bonds is 6. The number of para-hydroxylation sites is 1. The number of nitrogens with zero attached hydrogens (tertiary/aromatic N) is 1. The van der Waals surface area contributed by atoms with Gasteiger partial charge in [0.2, 0.25) is 15.9 Å². The largest absolute Gasteiger partial charge is 0.497 e. The van der Waals surface area contributed by atoms with E-state index in [0.717, 1.165) is 16.8 Å². The average Bonchev–Trinajstić information content (AvgIpc) is 2.85. The van der Waals surface area contributed by atoms with Crippen LogP contribution in [0.4, 0.5) is 5.69 Å². The summed E-state index contributed by atoms with van der Waals surface area (Å²) in [6.45, 7) is 0.562. The normalized spacial score (nSPS) is 17.0. The molecule has 6 nitrogen and oxygen atoms in total. The second-order valence-corrected chi connectivity index (χ2v) is 9.72. The van der Waals surface area contributed by atoms with Crippen LogP contribution in [0.3, 0.4) is 0 Å². The fourth-order valence-corrected chi connectivity index (χ4v) is 5.49. The molecular weight excluding hydrogens is 424 g/mol. The SMILES string of the molecule is COc1ccc(S(=O)(=O)N2CCCC(C(=O)Nc3ccccc3-c3ccccc3)C2)cc1. The van der Waals surface area contributed by atoms with Crippen LogP contribution in [-0.4, -0.2) is 38.8 Å². The van der Waals surface area contributed by atoms with E-state index in [2.05, 4.69) is 5.32 Å². The molecule has 0 aliphatic carbocycles. The first-order valence-corrected chi connectivity index (χ1v) is 12.0. The molecule has 1 unspecified atom stereocenters. The first kappa shape index (κ1) is 22.0. The maximum absolute atomic E-state index is 13.1. The van der Waals surface area contributed by atoms with Gasteiger partial charge in [-0.25, -0.2) is 8.42 Å². The Balaban J connectivity index is 1.50. The van der Waals surface area contributed by atoms with Crippen LogP contribution in [-0.2, 0) is 14.8 Å². The predicted octanol–water partition coefficient (Wildman–Crippen LogP) is 4.40. The van der Waals surface area contributed by atoms with Crippen molar-refractivity contribution >= 4 is 21.6 Å². The highest BCUT2D eigenvalue weighted by Gasteiger charge is 2.33. The topological polar surface area (TPSA) is 75.7 Å². The minimum Gasteiger partial charge on any atom is -0.497 e. The van der Waals surface area contributed by atoms with Crippen LogP contribution in [0, 0.1) is 5.92 Å². The lowest BCUT2D eigenvalue weighted by Crippen LogP contribution is -2.43. The average molecular weight is 451 g/mol. The molecule has 4 rings (SSSR count). The van der Waals surface area contributed by atoms with E-state index >= 15 is 0 Å². The zero-order valence-corrected chi connectivity index (χ0v) is 18.7. The van der Waals surface area contributed by atoms with Gasteiger partial charge in [0.25, 0.3) is 0 Å². The molecule has 1 fully saturated rings. The number of sulfonamides is 1. The van der Waals surface area contributed by atoms with Crippen molar-refractivity contribution in [3.8, 4) is 16.9 Å². The van der Waals surface area contributed by atoms with E-state index in [9.17, 15) is 13.2 Å². The highest BCUT2D eigenvalue weighted by molar-refractivity contribution is 7.89. The molecule has 0 aromatic heterocycles. The standard InChI is InChI=1S/C25H26N2O4S/c1-31-21-13-15-22(16-14-21)32(29,30)27-17-7-10-20(18-27)25(28)26-24-12-6-5-11-23(24)19-8-3-2-4-9-19/h2-6,8-9,11-16,20H,7,10,17-18H2,1H3,(H,26,28). The number of hydrogen-bond donors (Lipinski definition) is 1. The molecule has 1 N–H and O–H groups in total. The molecule has 1 aliphatic heterocycles. The molecule has 0 saturated carbocycles. The number of anilines is 1. The molecule has 32 heavy (non-hydrogen) atoms. The molecule has 3 aromatic rings. The van der Waals surface area contributed by atoms with Crippen molar-refractivity contribution in [2.45, 2.75) is 17.7 Å². The summed E-state index contributed by atoms with van der Waals surface area (Å²) in [4.78, 5) is 13.3. The van der Waals surface area contributed by atoms with Gasteiger partial charge in [0.05, 0.1) is 17.9 Å². The lowest BCUT2D eigenvalue weighted by Gasteiger charge is -2.31. The molecule has 3 aromatic carbocycles. The van der Waals surface area contributed by atoms with Crippen LogP contribution < -0.4 is 10.1 Å². The lowest BCUT2D eigenvalue weighted by atomic mass is 9.98. The molecule has 1 atom stereocenters. The summed E-state index contributed by atoms with van der Waals surface area (Å²) in [5.74, 6) is 0.0144. The molecule has 7 heteroatoms. The maximum Gasteiger partial charge on any atom is 0.243 e. The summed E-state index contributed by atoms with van der Waals surface area (Å²) in [5, 5.41) is 3.03. The number of carbonyl (C=O) groups is 1. The third-order valence-corrected chi connectivity index (χ3v) is 7.60. The number of carbonyl (C=O) groups excluding carboxylic acids is 1. The van der Waals surface area contributed by atoms with Crippen molar-refractivity contribution in [2.24, 2.45) is 5.92 Å². The lowest BCUT2D eigenvalue weighted by molar-refractivity contribution is -0.120. The Morgan fingerprint density at radius 1 is 0.969 bits per heavy atom. The highest BCUT2D eigenvalue weighted by Crippen LogP contribution is 2.30. The van der Waals surface area contributed by atoms with E-state index in [1.54, 1.807) is 12.1 Å². The number of piperidine rings is 1. The van der Waals surface area contributed by atoms with Gasteiger partial charge in [-0.15, -0.1) is 0 Å². The Morgan fingerprint density at radius 2 is 1.66 bits per heavy atom. The summed E-state index contributed by atoms with van der Waals surface area (Å²) in [7, 11) is -2.14. The molecule has 1 heterocycles. The van der Waals surface area contributed by atoms with Crippen molar-refractivity contribution in [3.63, 3.8) is 0 Å². The summed E-state index contributed by atoms with van der Waals surface area (Å²) in [6.07, 6.45) is 1.28. The Labute approximate surface area is 188 Å². The second kappa shape index (κ2) is 9.54. The molecule has 1 aliphatic rings. The minimum absolute atomic E-state index is 0.160. The number of benzene rings is 3. The van der Waals surface area contributed by atoms with E-state index in [4.69, 9.17) is 4.74 Å². The third-order valence-electron chi connectivity index (χ3n) is 5.72. The van der Waals surface area contributed by atoms with Gasteiger partial charge < -0.3 is 10.1 Å². The summed E-state index contributed by atoms with van der Waals surface area (Å²) in [6, 6.07) is 23.8. The van der Waals surface area contributed by atoms with Gasteiger partial charge in [0, 0.05) is 24.3 Å². The molecular formula is C25H26N2O4S. The van der Waals surface area contributed by atoms with E-state index in [1.807, 2.05) is 54.6 Å². The third kappa shape index (κ3) is 4.69. The molecule has 0 spiro atoms. The zero-order chi connectivity index (χ0) is 22.6. The Kier molecular flexibility index (Phi) is 6.58. The number of amides is 1. The smallest absolute Gasteiger partial charge is 0.243 e. The first-order valence-electron chi connectivity index (χ1n) is 10.6. The van der Waals surface area contributed by atoms with Crippen LogP contribution in [0.1, 0.15) is 12.8 Å². The van der Waals surface area contributed by atoms with Crippen molar-refractivity contribution in [1.29, 1.82) is 0 Å². The Hall–Kier alpha value is -3.16. The first-order chi connectivity index (χ1) is 15.5. The molecule has 0 radical (unpaired) electrons. The van der Waals surface area contributed by atoms with Crippen LogP contribution in [0.5, 0.6) is 5.75 Å².